The van der Waals surface area contributed by atoms with Gasteiger partial charge < -0.3 is 0 Å². The summed E-state index contributed by atoms with van der Waals surface area (Å²) in [6.07, 6.45) is 10.1. The third-order valence-electron chi connectivity index (χ3n) is 2.88. The van der Waals surface area contributed by atoms with Crippen LogP contribution in [0, 0.1) is 6.92 Å². The number of hydrogen-bond donors (Lipinski definition) is 0. The Labute approximate surface area is 93.2 Å². The van der Waals surface area contributed by atoms with E-state index in [0.29, 0.717) is 5.92 Å². The lowest BCUT2D eigenvalue weighted by atomic mass is 9.98. The summed E-state index contributed by atoms with van der Waals surface area (Å²) >= 11 is 0. The summed E-state index contributed by atoms with van der Waals surface area (Å²) in [6.45, 7) is 6.55. The van der Waals surface area contributed by atoms with Crippen molar-refractivity contribution in [3.8, 4) is 0 Å². The van der Waals surface area contributed by atoms with E-state index >= 15 is 0 Å². The topological polar surface area (TPSA) is 25.8 Å². The molecule has 2 heteroatoms. The maximum Gasteiger partial charge on any atom is 0.0643 e. The number of rotatable bonds is 6. The zero-order valence-electron chi connectivity index (χ0n) is 10.2. The van der Waals surface area contributed by atoms with E-state index in [1.165, 1.54) is 37.8 Å². The van der Waals surface area contributed by atoms with Crippen molar-refractivity contribution < 1.29 is 0 Å². The summed E-state index contributed by atoms with van der Waals surface area (Å²) in [5, 5.41) is 0. The first kappa shape index (κ1) is 12.2. The molecule has 0 radical (unpaired) electrons. The Balaban J connectivity index is 2.40. The lowest BCUT2D eigenvalue weighted by molar-refractivity contribution is 0.568. The molecule has 1 heterocycles. The van der Waals surface area contributed by atoms with E-state index in [-0.39, 0.29) is 0 Å². The highest BCUT2D eigenvalue weighted by Crippen LogP contribution is 2.21. The molecule has 1 aromatic rings. The molecule has 1 atom stereocenters. The van der Waals surface area contributed by atoms with E-state index in [4.69, 9.17) is 0 Å². The van der Waals surface area contributed by atoms with Crippen molar-refractivity contribution in [2.45, 2.75) is 58.8 Å². The summed E-state index contributed by atoms with van der Waals surface area (Å²) in [4.78, 5) is 8.70. The maximum atomic E-state index is 4.41. The van der Waals surface area contributed by atoms with E-state index < -0.39 is 0 Å². The largest absolute Gasteiger partial charge is 0.258 e. The molecular formula is C13H22N2. The third-order valence-corrected chi connectivity index (χ3v) is 2.88. The monoisotopic (exact) mass is 206 g/mol. The summed E-state index contributed by atoms with van der Waals surface area (Å²) in [5.41, 5.74) is 2.26. The SMILES string of the molecule is CCCCCCC(C)c1nccnc1C. The van der Waals surface area contributed by atoms with E-state index in [2.05, 4.69) is 23.8 Å². The number of aromatic nitrogens is 2. The predicted octanol–water partition coefficient (Wildman–Crippen LogP) is 3.86. The van der Waals surface area contributed by atoms with Gasteiger partial charge in [0, 0.05) is 18.3 Å². The van der Waals surface area contributed by atoms with Crippen LogP contribution in [0.1, 0.15) is 63.3 Å². The first-order chi connectivity index (χ1) is 7.25. The predicted molar refractivity (Wildman–Crippen MR) is 63.9 cm³/mol. The van der Waals surface area contributed by atoms with Gasteiger partial charge in [0.05, 0.1) is 11.4 Å². The Morgan fingerprint density at radius 3 is 2.53 bits per heavy atom. The van der Waals surface area contributed by atoms with E-state index in [9.17, 15) is 0 Å². The lowest BCUT2D eigenvalue weighted by Crippen LogP contribution is -2.01. The van der Waals surface area contributed by atoms with Gasteiger partial charge in [-0.25, -0.2) is 0 Å². The van der Waals surface area contributed by atoms with Gasteiger partial charge in [-0.15, -0.1) is 0 Å². The normalized spacial score (nSPS) is 12.7. The summed E-state index contributed by atoms with van der Waals surface area (Å²) in [7, 11) is 0. The average molecular weight is 206 g/mol. The molecular weight excluding hydrogens is 184 g/mol. The Hall–Kier alpha value is -0.920. The van der Waals surface area contributed by atoms with E-state index in [1.807, 2.05) is 6.92 Å². The molecule has 0 saturated heterocycles. The number of hydrogen-bond acceptors (Lipinski definition) is 2. The van der Waals surface area contributed by atoms with Crippen LogP contribution in [0.15, 0.2) is 12.4 Å². The Morgan fingerprint density at radius 2 is 1.87 bits per heavy atom. The van der Waals surface area contributed by atoms with Gasteiger partial charge in [-0.2, -0.15) is 0 Å². The Bertz CT molecular complexity index is 284. The Kier molecular flexibility index (Phi) is 5.30. The highest BCUT2D eigenvalue weighted by Gasteiger charge is 2.09. The van der Waals surface area contributed by atoms with Crippen molar-refractivity contribution in [2.75, 3.05) is 0 Å². The van der Waals surface area contributed by atoms with Gasteiger partial charge in [-0.3, -0.25) is 9.97 Å². The molecule has 0 saturated carbocycles. The zero-order valence-corrected chi connectivity index (χ0v) is 10.2. The van der Waals surface area contributed by atoms with Crippen molar-refractivity contribution in [3.63, 3.8) is 0 Å². The van der Waals surface area contributed by atoms with E-state index in [1.54, 1.807) is 12.4 Å². The van der Waals surface area contributed by atoms with Gasteiger partial charge in [0.1, 0.15) is 0 Å². The second-order valence-electron chi connectivity index (χ2n) is 4.28. The number of unbranched alkanes of at least 4 members (excludes halogenated alkanes) is 3. The molecule has 0 aromatic carbocycles. The molecule has 0 aliphatic heterocycles. The van der Waals surface area contributed by atoms with Crippen LogP contribution in [0.5, 0.6) is 0 Å². The van der Waals surface area contributed by atoms with Crippen LogP contribution >= 0.6 is 0 Å². The molecule has 1 rings (SSSR count). The average Bonchev–Trinajstić information content (AvgIpc) is 2.25. The molecule has 0 aliphatic carbocycles. The first-order valence-electron chi connectivity index (χ1n) is 6.03. The van der Waals surface area contributed by atoms with Crippen LogP contribution in [0.4, 0.5) is 0 Å². The molecule has 0 spiro atoms. The maximum absolute atomic E-state index is 4.41. The van der Waals surface area contributed by atoms with Crippen LogP contribution < -0.4 is 0 Å². The van der Waals surface area contributed by atoms with E-state index in [0.717, 1.165) is 5.69 Å². The van der Waals surface area contributed by atoms with Crippen LogP contribution in [-0.4, -0.2) is 9.97 Å². The van der Waals surface area contributed by atoms with Crippen LogP contribution in [0.3, 0.4) is 0 Å². The highest BCUT2D eigenvalue weighted by atomic mass is 14.8. The quantitative estimate of drug-likeness (QED) is 0.660. The van der Waals surface area contributed by atoms with Crippen LogP contribution in [0.25, 0.3) is 0 Å². The molecule has 84 valence electrons. The van der Waals surface area contributed by atoms with Crippen molar-refractivity contribution in [3.05, 3.63) is 23.8 Å². The minimum absolute atomic E-state index is 0.551. The minimum Gasteiger partial charge on any atom is -0.258 e. The highest BCUT2D eigenvalue weighted by molar-refractivity contribution is 5.12. The van der Waals surface area contributed by atoms with Gasteiger partial charge in [0.2, 0.25) is 0 Å². The molecule has 0 aliphatic rings. The van der Waals surface area contributed by atoms with Gasteiger partial charge in [0.15, 0.2) is 0 Å². The fraction of sp³-hybridized carbons (Fsp3) is 0.692. The van der Waals surface area contributed by atoms with Crippen molar-refractivity contribution in [1.29, 1.82) is 0 Å². The number of nitrogens with zero attached hydrogens (tertiary/aromatic N) is 2. The van der Waals surface area contributed by atoms with Gasteiger partial charge in [0.25, 0.3) is 0 Å². The second kappa shape index (κ2) is 6.54. The van der Waals surface area contributed by atoms with Crippen LogP contribution in [-0.2, 0) is 0 Å². The third kappa shape index (κ3) is 3.98. The Morgan fingerprint density at radius 1 is 1.13 bits per heavy atom. The smallest absolute Gasteiger partial charge is 0.0643 e. The molecule has 0 fully saturated rings. The molecule has 2 nitrogen and oxygen atoms in total. The van der Waals surface area contributed by atoms with Gasteiger partial charge in [-0.05, 0) is 13.3 Å². The summed E-state index contributed by atoms with van der Waals surface area (Å²) in [5.74, 6) is 0.551. The van der Waals surface area contributed by atoms with Crippen LogP contribution in [0.2, 0.25) is 0 Å². The van der Waals surface area contributed by atoms with Crippen molar-refractivity contribution in [1.82, 2.24) is 9.97 Å². The fourth-order valence-electron chi connectivity index (χ4n) is 1.92. The molecule has 0 N–H and O–H groups in total. The lowest BCUT2D eigenvalue weighted by Gasteiger charge is -2.12. The zero-order chi connectivity index (χ0) is 11.1. The fourth-order valence-corrected chi connectivity index (χ4v) is 1.92. The second-order valence-corrected chi connectivity index (χ2v) is 4.28. The molecule has 1 aromatic heterocycles. The molecule has 15 heavy (non-hydrogen) atoms. The number of aryl methyl sites for hydroxylation is 1. The molecule has 0 amide bonds. The van der Waals surface area contributed by atoms with Gasteiger partial charge in [-0.1, -0.05) is 39.5 Å². The molecule has 1 unspecified atom stereocenters. The first-order valence-corrected chi connectivity index (χ1v) is 6.03. The molecule has 0 bridgehead atoms. The summed E-state index contributed by atoms with van der Waals surface area (Å²) < 4.78 is 0. The van der Waals surface area contributed by atoms with Crippen molar-refractivity contribution in [2.24, 2.45) is 0 Å². The minimum atomic E-state index is 0.551. The summed E-state index contributed by atoms with van der Waals surface area (Å²) in [6, 6.07) is 0. The van der Waals surface area contributed by atoms with Crippen molar-refractivity contribution >= 4 is 0 Å². The standard InChI is InChI=1S/C13H22N2/c1-4-5-6-7-8-11(2)13-12(3)14-9-10-15-13/h9-11H,4-8H2,1-3H3. The van der Waals surface area contributed by atoms with Gasteiger partial charge >= 0.3 is 0 Å².